The fourth-order valence-corrected chi connectivity index (χ4v) is 3.95. The van der Waals surface area contributed by atoms with Crippen molar-refractivity contribution in [2.75, 3.05) is 7.05 Å². The number of benzene rings is 1. The lowest BCUT2D eigenvalue weighted by atomic mass is 9.66. The zero-order chi connectivity index (χ0) is 15.7. The van der Waals surface area contributed by atoms with Crippen LogP contribution in [0.3, 0.4) is 0 Å². The standard InChI is InChI=1S/C17H19NO3S/c1-18(15(19)9-17(16(20)21)7-4-8-17)10-12-11-22-14-6-3-2-5-13(12)14/h2-3,5-6,11H,4,7-10H2,1H3,(H,20,21). The second kappa shape index (κ2) is 5.72. The van der Waals surface area contributed by atoms with Crippen LogP contribution in [0.25, 0.3) is 10.1 Å². The summed E-state index contributed by atoms with van der Waals surface area (Å²) in [5.74, 6) is -0.918. The van der Waals surface area contributed by atoms with E-state index in [2.05, 4.69) is 17.5 Å². The third-order valence-electron chi connectivity index (χ3n) is 4.65. The molecular formula is C17H19NO3S. The molecule has 0 saturated heterocycles. The van der Waals surface area contributed by atoms with Crippen molar-refractivity contribution in [3.8, 4) is 0 Å². The smallest absolute Gasteiger partial charge is 0.310 e. The second-order valence-electron chi connectivity index (χ2n) is 6.12. The summed E-state index contributed by atoms with van der Waals surface area (Å²) in [5, 5.41) is 12.6. The van der Waals surface area contributed by atoms with Crippen molar-refractivity contribution >= 4 is 33.3 Å². The van der Waals surface area contributed by atoms with Crippen molar-refractivity contribution < 1.29 is 14.7 Å². The first-order chi connectivity index (χ1) is 10.5. The van der Waals surface area contributed by atoms with Gasteiger partial charge < -0.3 is 10.0 Å². The Morgan fingerprint density at radius 3 is 2.68 bits per heavy atom. The minimum atomic E-state index is -0.832. The van der Waals surface area contributed by atoms with E-state index in [1.807, 2.05) is 12.1 Å². The summed E-state index contributed by atoms with van der Waals surface area (Å²) in [7, 11) is 1.75. The lowest BCUT2D eigenvalue weighted by Gasteiger charge is -2.38. The molecule has 5 heteroatoms. The molecule has 22 heavy (non-hydrogen) atoms. The maximum atomic E-state index is 12.4. The van der Waals surface area contributed by atoms with E-state index in [9.17, 15) is 14.7 Å². The van der Waals surface area contributed by atoms with Crippen LogP contribution in [-0.4, -0.2) is 28.9 Å². The van der Waals surface area contributed by atoms with Gasteiger partial charge in [-0.25, -0.2) is 0 Å². The van der Waals surface area contributed by atoms with Gasteiger partial charge in [-0.2, -0.15) is 0 Å². The van der Waals surface area contributed by atoms with Crippen molar-refractivity contribution in [1.82, 2.24) is 4.90 Å². The predicted molar refractivity (Wildman–Crippen MR) is 86.8 cm³/mol. The molecular weight excluding hydrogens is 298 g/mol. The summed E-state index contributed by atoms with van der Waals surface area (Å²) in [5.41, 5.74) is 0.302. The van der Waals surface area contributed by atoms with Gasteiger partial charge >= 0.3 is 5.97 Å². The Kier molecular flexibility index (Phi) is 3.91. The van der Waals surface area contributed by atoms with Crippen LogP contribution < -0.4 is 0 Å². The first kappa shape index (κ1) is 15.0. The molecule has 1 aromatic carbocycles. The Morgan fingerprint density at radius 1 is 1.32 bits per heavy atom. The Hall–Kier alpha value is -1.88. The summed E-state index contributed by atoms with van der Waals surface area (Å²) in [6.45, 7) is 0.526. The van der Waals surface area contributed by atoms with Crippen molar-refractivity contribution in [3.63, 3.8) is 0 Å². The van der Waals surface area contributed by atoms with Crippen molar-refractivity contribution in [2.24, 2.45) is 5.41 Å². The molecule has 0 atom stereocenters. The average Bonchev–Trinajstić information content (AvgIpc) is 2.85. The molecule has 0 spiro atoms. The first-order valence-electron chi connectivity index (χ1n) is 7.44. The van der Waals surface area contributed by atoms with E-state index < -0.39 is 11.4 Å². The topological polar surface area (TPSA) is 57.6 Å². The fraction of sp³-hybridized carbons (Fsp3) is 0.412. The van der Waals surface area contributed by atoms with E-state index >= 15 is 0 Å². The number of carbonyl (C=O) groups excluding carboxylic acids is 1. The quantitative estimate of drug-likeness (QED) is 0.918. The van der Waals surface area contributed by atoms with Crippen LogP contribution in [0.2, 0.25) is 0 Å². The molecule has 4 nitrogen and oxygen atoms in total. The van der Waals surface area contributed by atoms with Gasteiger partial charge in [0.2, 0.25) is 5.91 Å². The number of carboxylic acid groups (broad SMARTS) is 1. The highest BCUT2D eigenvalue weighted by Gasteiger charge is 2.46. The molecule has 0 aliphatic heterocycles. The monoisotopic (exact) mass is 317 g/mol. The maximum absolute atomic E-state index is 12.4. The van der Waals surface area contributed by atoms with Gasteiger partial charge in [-0.05, 0) is 35.2 Å². The van der Waals surface area contributed by atoms with Gasteiger partial charge in [0.1, 0.15) is 0 Å². The highest BCUT2D eigenvalue weighted by Crippen LogP contribution is 2.44. The van der Waals surface area contributed by atoms with Crippen LogP contribution in [0.5, 0.6) is 0 Å². The summed E-state index contributed by atoms with van der Waals surface area (Å²) in [6.07, 6.45) is 2.24. The van der Waals surface area contributed by atoms with E-state index in [1.54, 1.807) is 23.3 Å². The van der Waals surface area contributed by atoms with E-state index in [0.29, 0.717) is 19.4 Å². The van der Waals surface area contributed by atoms with Crippen LogP contribution in [0.15, 0.2) is 29.6 Å². The minimum Gasteiger partial charge on any atom is -0.481 e. The van der Waals surface area contributed by atoms with Gasteiger partial charge in [-0.1, -0.05) is 24.6 Å². The number of thiophene rings is 1. The van der Waals surface area contributed by atoms with Gasteiger partial charge in [0.05, 0.1) is 5.41 Å². The number of carboxylic acids is 1. The number of amides is 1. The number of hydrogen-bond acceptors (Lipinski definition) is 3. The van der Waals surface area contributed by atoms with Gasteiger partial charge in [-0.15, -0.1) is 11.3 Å². The van der Waals surface area contributed by atoms with Gasteiger partial charge in [0.25, 0.3) is 0 Å². The molecule has 0 unspecified atom stereocenters. The number of rotatable bonds is 5. The van der Waals surface area contributed by atoms with Crippen LogP contribution in [0.4, 0.5) is 0 Å². The Labute approximate surface area is 133 Å². The third kappa shape index (κ3) is 2.61. The Bertz CT molecular complexity index is 718. The molecule has 1 aromatic heterocycles. The number of nitrogens with zero attached hydrogens (tertiary/aromatic N) is 1. The maximum Gasteiger partial charge on any atom is 0.310 e. The second-order valence-corrected chi connectivity index (χ2v) is 7.03. The molecule has 1 aliphatic rings. The fourth-order valence-electron chi connectivity index (χ4n) is 2.99. The highest BCUT2D eigenvalue weighted by atomic mass is 32.1. The summed E-state index contributed by atoms with van der Waals surface area (Å²) < 4.78 is 1.21. The molecule has 0 radical (unpaired) electrons. The Morgan fingerprint density at radius 2 is 2.05 bits per heavy atom. The number of aliphatic carboxylic acids is 1. The molecule has 1 aliphatic carbocycles. The summed E-state index contributed by atoms with van der Waals surface area (Å²) in [4.78, 5) is 25.4. The number of carbonyl (C=O) groups is 2. The minimum absolute atomic E-state index is 0.0858. The van der Waals surface area contributed by atoms with E-state index in [4.69, 9.17) is 0 Å². The lowest BCUT2D eigenvalue weighted by molar-refractivity contribution is -0.159. The van der Waals surface area contributed by atoms with Gasteiger partial charge in [0.15, 0.2) is 0 Å². The molecule has 1 saturated carbocycles. The van der Waals surface area contributed by atoms with Crippen LogP contribution in [0, 0.1) is 5.41 Å². The zero-order valence-electron chi connectivity index (χ0n) is 12.5. The molecule has 0 bridgehead atoms. The molecule has 1 N–H and O–H groups in total. The normalized spacial score (nSPS) is 16.2. The largest absolute Gasteiger partial charge is 0.481 e. The third-order valence-corrected chi connectivity index (χ3v) is 5.66. The van der Waals surface area contributed by atoms with Crippen molar-refractivity contribution in [3.05, 3.63) is 35.2 Å². The molecule has 2 aromatic rings. The summed E-state index contributed by atoms with van der Waals surface area (Å²) >= 11 is 1.67. The van der Waals surface area contributed by atoms with Gasteiger partial charge in [-0.3, -0.25) is 9.59 Å². The molecule has 1 amide bonds. The van der Waals surface area contributed by atoms with Gasteiger partial charge in [0, 0.05) is 24.7 Å². The highest BCUT2D eigenvalue weighted by molar-refractivity contribution is 7.17. The molecule has 1 heterocycles. The van der Waals surface area contributed by atoms with Crippen LogP contribution >= 0.6 is 11.3 Å². The molecule has 116 valence electrons. The van der Waals surface area contributed by atoms with E-state index in [-0.39, 0.29) is 12.3 Å². The predicted octanol–water partition coefficient (Wildman–Crippen LogP) is 3.50. The summed E-state index contributed by atoms with van der Waals surface area (Å²) in [6, 6.07) is 8.13. The zero-order valence-corrected chi connectivity index (χ0v) is 13.4. The van der Waals surface area contributed by atoms with E-state index in [0.717, 1.165) is 12.0 Å². The van der Waals surface area contributed by atoms with Crippen molar-refractivity contribution in [2.45, 2.75) is 32.2 Å². The molecule has 1 fully saturated rings. The molecule has 3 rings (SSSR count). The van der Waals surface area contributed by atoms with Crippen LogP contribution in [0.1, 0.15) is 31.2 Å². The van der Waals surface area contributed by atoms with E-state index in [1.165, 1.54) is 10.1 Å². The van der Waals surface area contributed by atoms with Crippen molar-refractivity contribution in [1.29, 1.82) is 0 Å². The SMILES string of the molecule is CN(Cc1csc2ccccc12)C(=O)CC1(C(=O)O)CCC1. The Balaban J connectivity index is 1.70. The average molecular weight is 317 g/mol. The number of fused-ring (bicyclic) bond motifs is 1. The number of hydrogen-bond donors (Lipinski definition) is 1. The lowest BCUT2D eigenvalue weighted by Crippen LogP contribution is -2.42. The van der Waals surface area contributed by atoms with Crippen LogP contribution in [-0.2, 0) is 16.1 Å². The first-order valence-corrected chi connectivity index (χ1v) is 8.32.